The molecule has 0 aliphatic heterocycles. The van der Waals surface area contributed by atoms with Gasteiger partial charge in [0, 0.05) is 0 Å². The highest BCUT2D eigenvalue weighted by Gasteiger charge is 2.21. The zero-order valence-electron chi connectivity index (χ0n) is 8.00. The lowest BCUT2D eigenvalue weighted by molar-refractivity contribution is 0.0619. The average Bonchev–Trinajstić information content (AvgIpc) is 2.26. The lowest BCUT2D eigenvalue weighted by Gasteiger charge is -2.21. The van der Waals surface area contributed by atoms with Crippen LogP contribution in [-0.4, -0.2) is 34.1 Å². The van der Waals surface area contributed by atoms with Crippen molar-refractivity contribution in [2.75, 3.05) is 6.61 Å². The maximum absolute atomic E-state index is 10.5. The van der Waals surface area contributed by atoms with Crippen molar-refractivity contribution in [2.45, 2.75) is 12.1 Å². The van der Waals surface area contributed by atoms with Crippen LogP contribution in [0.15, 0.2) is 30.3 Å². The van der Waals surface area contributed by atoms with Gasteiger partial charge in [-0.3, -0.25) is 0 Å². The second-order valence-corrected chi connectivity index (χ2v) is 3.09. The highest BCUT2D eigenvalue weighted by atomic mass is 16.4. The van der Waals surface area contributed by atoms with Crippen LogP contribution in [-0.2, 0) is 0 Å². The van der Waals surface area contributed by atoms with E-state index in [-0.39, 0.29) is 0 Å². The van der Waals surface area contributed by atoms with Crippen molar-refractivity contribution in [1.82, 2.24) is 5.32 Å². The van der Waals surface area contributed by atoms with E-state index in [0.29, 0.717) is 5.56 Å². The van der Waals surface area contributed by atoms with Crippen molar-refractivity contribution in [2.24, 2.45) is 0 Å². The van der Waals surface area contributed by atoms with Crippen LogP contribution in [0.25, 0.3) is 0 Å². The first-order valence-corrected chi connectivity index (χ1v) is 4.48. The molecule has 4 N–H and O–H groups in total. The molecule has 5 nitrogen and oxygen atoms in total. The smallest absolute Gasteiger partial charge is 0.405 e. The summed E-state index contributed by atoms with van der Waals surface area (Å²) in [6, 6.07) is 7.80. The predicted molar refractivity (Wildman–Crippen MR) is 53.4 cm³/mol. The molecule has 0 saturated carbocycles. The van der Waals surface area contributed by atoms with E-state index in [4.69, 9.17) is 10.2 Å². The number of aliphatic hydroxyl groups excluding tert-OH is 2. The number of aliphatic hydroxyl groups is 2. The van der Waals surface area contributed by atoms with Crippen LogP contribution >= 0.6 is 0 Å². The van der Waals surface area contributed by atoms with Crippen molar-refractivity contribution < 1.29 is 20.1 Å². The minimum atomic E-state index is -1.24. The monoisotopic (exact) mass is 211 g/mol. The van der Waals surface area contributed by atoms with E-state index in [1.807, 2.05) is 0 Å². The first-order chi connectivity index (χ1) is 7.15. The molecule has 0 aromatic heterocycles. The molecule has 0 heterocycles. The summed E-state index contributed by atoms with van der Waals surface area (Å²) in [4.78, 5) is 10.5. The van der Waals surface area contributed by atoms with Crippen LogP contribution in [0.2, 0.25) is 0 Å². The van der Waals surface area contributed by atoms with Gasteiger partial charge in [-0.2, -0.15) is 0 Å². The fourth-order valence-corrected chi connectivity index (χ4v) is 1.30. The Morgan fingerprint density at radius 3 is 2.40 bits per heavy atom. The van der Waals surface area contributed by atoms with Crippen molar-refractivity contribution in [3.05, 3.63) is 35.9 Å². The summed E-state index contributed by atoms with van der Waals surface area (Å²) in [5.41, 5.74) is 0.612. The zero-order valence-corrected chi connectivity index (χ0v) is 8.00. The van der Waals surface area contributed by atoms with Gasteiger partial charge in [0.05, 0.1) is 12.6 Å². The number of amides is 1. The third kappa shape index (κ3) is 3.23. The molecule has 0 unspecified atom stereocenters. The highest BCUT2D eigenvalue weighted by molar-refractivity contribution is 5.65. The number of benzene rings is 1. The fourth-order valence-electron chi connectivity index (χ4n) is 1.30. The molecule has 5 heteroatoms. The Morgan fingerprint density at radius 1 is 1.33 bits per heavy atom. The van der Waals surface area contributed by atoms with Crippen LogP contribution in [0.1, 0.15) is 11.6 Å². The average molecular weight is 211 g/mol. The quantitative estimate of drug-likeness (QED) is 0.578. The molecule has 82 valence electrons. The first-order valence-electron chi connectivity index (χ1n) is 4.48. The molecule has 0 aliphatic rings. The lowest BCUT2D eigenvalue weighted by Crippen LogP contribution is -2.37. The molecule has 1 rings (SSSR count). The molecule has 1 aromatic rings. The molecule has 1 amide bonds. The van der Waals surface area contributed by atoms with E-state index >= 15 is 0 Å². The molecule has 2 atom stereocenters. The van der Waals surface area contributed by atoms with E-state index in [0.717, 1.165) is 0 Å². The van der Waals surface area contributed by atoms with Crippen LogP contribution in [0.5, 0.6) is 0 Å². The van der Waals surface area contributed by atoms with Crippen molar-refractivity contribution >= 4 is 6.09 Å². The highest BCUT2D eigenvalue weighted by Crippen LogP contribution is 2.16. The van der Waals surface area contributed by atoms with Gasteiger partial charge in [-0.15, -0.1) is 0 Å². The third-order valence-corrected chi connectivity index (χ3v) is 2.01. The normalized spacial score (nSPS) is 14.3. The Kier molecular flexibility index (Phi) is 4.08. The zero-order chi connectivity index (χ0) is 11.3. The van der Waals surface area contributed by atoms with Gasteiger partial charge in [-0.05, 0) is 5.56 Å². The Morgan fingerprint density at radius 2 is 1.93 bits per heavy atom. The van der Waals surface area contributed by atoms with Gasteiger partial charge in [0.2, 0.25) is 0 Å². The van der Waals surface area contributed by atoms with Crippen LogP contribution in [0, 0.1) is 0 Å². The maximum Gasteiger partial charge on any atom is 0.405 e. The largest absolute Gasteiger partial charge is 0.465 e. The summed E-state index contributed by atoms with van der Waals surface area (Å²) in [5, 5.41) is 29.0. The van der Waals surface area contributed by atoms with Gasteiger partial charge < -0.3 is 20.6 Å². The number of nitrogens with one attached hydrogen (secondary N) is 1. The van der Waals surface area contributed by atoms with Gasteiger partial charge in [-0.25, -0.2) is 4.79 Å². The molecule has 0 saturated heterocycles. The molecule has 1 aromatic carbocycles. The SMILES string of the molecule is O=C(O)N[C@H](c1ccccc1)[C@@H](O)CO. The summed E-state index contributed by atoms with van der Waals surface area (Å²) in [6.07, 6.45) is -2.39. The predicted octanol–water partition coefficient (Wildman–Crippen LogP) is 0.348. The number of carboxylic acid groups (broad SMARTS) is 1. The standard InChI is InChI=1S/C10H13NO4/c12-6-8(13)9(11-10(14)15)7-4-2-1-3-5-7/h1-5,8-9,11-13H,6H2,(H,14,15)/t8-,9+/m0/s1. The Balaban J connectivity index is 2.86. The molecule has 0 radical (unpaired) electrons. The number of rotatable bonds is 4. The second-order valence-electron chi connectivity index (χ2n) is 3.09. The summed E-state index contributed by atoms with van der Waals surface area (Å²) in [7, 11) is 0. The summed E-state index contributed by atoms with van der Waals surface area (Å²) in [6.45, 7) is -0.500. The summed E-state index contributed by atoms with van der Waals surface area (Å²) < 4.78 is 0. The van der Waals surface area contributed by atoms with Crippen LogP contribution in [0.4, 0.5) is 4.79 Å². The van der Waals surface area contributed by atoms with Crippen LogP contribution < -0.4 is 5.32 Å². The Bertz CT molecular complexity index is 314. The molecular weight excluding hydrogens is 198 g/mol. The molecule has 0 fully saturated rings. The van der Waals surface area contributed by atoms with Gasteiger partial charge in [0.1, 0.15) is 6.10 Å². The van der Waals surface area contributed by atoms with Crippen molar-refractivity contribution in [3.63, 3.8) is 0 Å². The van der Waals surface area contributed by atoms with Crippen molar-refractivity contribution in [1.29, 1.82) is 0 Å². The first kappa shape index (κ1) is 11.5. The lowest BCUT2D eigenvalue weighted by atomic mass is 10.0. The van der Waals surface area contributed by atoms with E-state index in [1.165, 1.54) is 0 Å². The topological polar surface area (TPSA) is 89.8 Å². The number of carbonyl (C=O) groups is 1. The minimum absolute atomic E-state index is 0.500. The summed E-state index contributed by atoms with van der Waals surface area (Å²) in [5.74, 6) is 0. The molecule has 15 heavy (non-hydrogen) atoms. The Hall–Kier alpha value is -1.59. The fraction of sp³-hybridized carbons (Fsp3) is 0.300. The molecule has 0 spiro atoms. The maximum atomic E-state index is 10.5. The third-order valence-electron chi connectivity index (χ3n) is 2.01. The number of hydrogen-bond donors (Lipinski definition) is 4. The van der Waals surface area contributed by atoms with Gasteiger partial charge in [0.15, 0.2) is 0 Å². The van der Waals surface area contributed by atoms with E-state index in [2.05, 4.69) is 5.32 Å². The molecule has 0 aliphatic carbocycles. The molecule has 0 bridgehead atoms. The van der Waals surface area contributed by atoms with E-state index < -0.39 is 24.8 Å². The molecular formula is C10H13NO4. The number of hydrogen-bond acceptors (Lipinski definition) is 3. The summed E-state index contributed by atoms with van der Waals surface area (Å²) >= 11 is 0. The van der Waals surface area contributed by atoms with E-state index in [1.54, 1.807) is 30.3 Å². The minimum Gasteiger partial charge on any atom is -0.465 e. The van der Waals surface area contributed by atoms with Gasteiger partial charge in [0.25, 0.3) is 0 Å². The second kappa shape index (κ2) is 5.33. The van der Waals surface area contributed by atoms with Gasteiger partial charge in [-0.1, -0.05) is 30.3 Å². The Labute approximate surface area is 87.0 Å². The van der Waals surface area contributed by atoms with E-state index in [9.17, 15) is 9.90 Å². The van der Waals surface area contributed by atoms with Crippen molar-refractivity contribution in [3.8, 4) is 0 Å². The van der Waals surface area contributed by atoms with Crippen LogP contribution in [0.3, 0.4) is 0 Å². The van der Waals surface area contributed by atoms with Gasteiger partial charge >= 0.3 is 6.09 Å².